The molecule has 0 unspecified atom stereocenters. The Morgan fingerprint density at radius 3 is 2.65 bits per heavy atom. The number of thiophene rings is 1. The SMILES string of the molecule is Cc1oc2ncn(C)c(=O)c2c1C(=O)OCC(=O)c1ccc(CNC(=O)C(C)(C)C)s1. The van der Waals surface area contributed by atoms with Gasteiger partial charge in [-0.15, -0.1) is 11.3 Å². The summed E-state index contributed by atoms with van der Waals surface area (Å²) < 4.78 is 11.8. The van der Waals surface area contributed by atoms with E-state index in [2.05, 4.69) is 10.3 Å². The van der Waals surface area contributed by atoms with E-state index < -0.39 is 23.6 Å². The molecule has 3 rings (SSSR count). The molecule has 0 spiro atoms. The number of nitrogens with zero attached hydrogens (tertiary/aromatic N) is 2. The number of Topliss-reactive ketones (excluding diaryl/α,β-unsaturated/α-hetero) is 1. The van der Waals surface area contributed by atoms with Crippen LogP contribution in [0.1, 0.15) is 51.4 Å². The monoisotopic (exact) mass is 445 g/mol. The molecule has 1 N–H and O–H groups in total. The quantitative estimate of drug-likeness (QED) is 0.457. The van der Waals surface area contributed by atoms with Crippen LogP contribution in [0.5, 0.6) is 0 Å². The van der Waals surface area contributed by atoms with E-state index in [1.807, 2.05) is 20.8 Å². The number of rotatable bonds is 6. The van der Waals surface area contributed by atoms with Crippen LogP contribution in [-0.4, -0.2) is 33.8 Å². The Hall–Kier alpha value is -3.27. The van der Waals surface area contributed by atoms with Gasteiger partial charge in [0.05, 0.1) is 11.4 Å². The molecular weight excluding hydrogens is 422 g/mol. The number of nitrogens with one attached hydrogen (secondary N) is 1. The number of carbonyl (C=O) groups excluding carboxylic acids is 3. The average molecular weight is 445 g/mol. The molecule has 0 aliphatic carbocycles. The summed E-state index contributed by atoms with van der Waals surface area (Å²) in [6, 6.07) is 3.36. The molecule has 0 atom stereocenters. The van der Waals surface area contributed by atoms with E-state index in [1.54, 1.807) is 12.1 Å². The van der Waals surface area contributed by atoms with Crippen LogP contribution >= 0.6 is 11.3 Å². The fraction of sp³-hybridized carbons (Fsp3) is 0.381. The molecular formula is C21H23N3O6S. The topological polar surface area (TPSA) is 120 Å². The van der Waals surface area contributed by atoms with Gasteiger partial charge in [-0.1, -0.05) is 20.8 Å². The Bertz CT molecular complexity index is 1230. The number of carbonyl (C=O) groups is 3. The molecule has 3 aromatic rings. The summed E-state index contributed by atoms with van der Waals surface area (Å²) >= 11 is 1.22. The minimum absolute atomic E-state index is 0.0212. The maximum absolute atomic E-state index is 12.6. The summed E-state index contributed by atoms with van der Waals surface area (Å²) in [6.45, 7) is 6.80. The molecule has 0 saturated heterocycles. The van der Waals surface area contributed by atoms with Gasteiger partial charge in [0.15, 0.2) is 6.61 Å². The maximum atomic E-state index is 12.6. The van der Waals surface area contributed by atoms with E-state index in [0.29, 0.717) is 11.4 Å². The first-order valence-electron chi connectivity index (χ1n) is 9.51. The Kier molecular flexibility index (Phi) is 6.12. The molecule has 0 bridgehead atoms. The van der Waals surface area contributed by atoms with Crippen molar-refractivity contribution in [2.24, 2.45) is 12.5 Å². The summed E-state index contributed by atoms with van der Waals surface area (Å²) in [5.41, 5.74) is -0.941. The highest BCUT2D eigenvalue weighted by Crippen LogP contribution is 2.22. The van der Waals surface area contributed by atoms with Crippen molar-refractivity contribution in [1.82, 2.24) is 14.9 Å². The number of aryl methyl sites for hydroxylation is 2. The van der Waals surface area contributed by atoms with Crippen LogP contribution in [0.15, 0.2) is 27.7 Å². The number of aromatic nitrogens is 2. The van der Waals surface area contributed by atoms with Gasteiger partial charge in [-0.25, -0.2) is 9.78 Å². The predicted molar refractivity (Wildman–Crippen MR) is 114 cm³/mol. The Balaban J connectivity index is 1.66. The second-order valence-electron chi connectivity index (χ2n) is 8.07. The minimum Gasteiger partial charge on any atom is -0.454 e. The first-order chi connectivity index (χ1) is 14.5. The van der Waals surface area contributed by atoms with Gasteiger partial charge >= 0.3 is 5.97 Å². The van der Waals surface area contributed by atoms with Gasteiger partial charge in [-0.2, -0.15) is 0 Å². The third kappa shape index (κ3) is 4.74. The molecule has 3 heterocycles. The van der Waals surface area contributed by atoms with E-state index in [0.717, 1.165) is 4.88 Å². The van der Waals surface area contributed by atoms with E-state index in [9.17, 15) is 19.2 Å². The summed E-state index contributed by atoms with van der Waals surface area (Å²) in [6.07, 6.45) is 1.30. The first-order valence-corrected chi connectivity index (χ1v) is 10.3. The molecule has 0 saturated carbocycles. The van der Waals surface area contributed by atoms with Crippen LogP contribution in [0.4, 0.5) is 0 Å². The second kappa shape index (κ2) is 8.46. The standard InChI is InChI=1S/C21H23N3O6S/c1-11-15(16-17(30-11)23-10-24(5)18(16)26)19(27)29-9-13(25)14-7-6-12(31-14)8-22-20(28)21(2,3)4/h6-7,10H,8-9H2,1-5H3,(H,22,28). The van der Waals surface area contributed by atoms with Crippen LogP contribution in [0.3, 0.4) is 0 Å². The lowest BCUT2D eigenvalue weighted by Gasteiger charge is -2.17. The smallest absolute Gasteiger partial charge is 0.343 e. The molecule has 10 heteroatoms. The molecule has 1 amide bonds. The fourth-order valence-corrected chi connectivity index (χ4v) is 3.63. The Labute approximate surface area is 182 Å². The van der Waals surface area contributed by atoms with Crippen LogP contribution < -0.4 is 10.9 Å². The van der Waals surface area contributed by atoms with Gasteiger partial charge in [0.1, 0.15) is 23.0 Å². The van der Waals surface area contributed by atoms with Gasteiger partial charge in [0, 0.05) is 17.3 Å². The number of hydrogen-bond acceptors (Lipinski definition) is 8. The molecule has 0 fully saturated rings. The number of amides is 1. The van der Waals surface area contributed by atoms with E-state index >= 15 is 0 Å². The summed E-state index contributed by atoms with van der Waals surface area (Å²) in [5, 5.41) is 2.84. The van der Waals surface area contributed by atoms with E-state index in [-0.39, 0.29) is 34.1 Å². The van der Waals surface area contributed by atoms with Crippen molar-refractivity contribution in [2.75, 3.05) is 6.61 Å². The van der Waals surface area contributed by atoms with Crippen molar-refractivity contribution >= 4 is 40.1 Å². The average Bonchev–Trinajstić information content (AvgIpc) is 3.30. The van der Waals surface area contributed by atoms with Crippen molar-refractivity contribution in [3.8, 4) is 0 Å². The molecule has 3 aromatic heterocycles. The Morgan fingerprint density at radius 2 is 1.97 bits per heavy atom. The Morgan fingerprint density at radius 1 is 1.26 bits per heavy atom. The third-order valence-electron chi connectivity index (χ3n) is 4.53. The number of ketones is 1. The molecule has 31 heavy (non-hydrogen) atoms. The highest BCUT2D eigenvalue weighted by Gasteiger charge is 2.25. The molecule has 0 aromatic carbocycles. The highest BCUT2D eigenvalue weighted by atomic mass is 32.1. The largest absolute Gasteiger partial charge is 0.454 e. The maximum Gasteiger partial charge on any atom is 0.343 e. The number of ether oxygens (including phenoxy) is 1. The van der Waals surface area contributed by atoms with Crippen LogP contribution in [-0.2, 0) is 23.1 Å². The summed E-state index contributed by atoms with van der Waals surface area (Å²) in [7, 11) is 1.51. The summed E-state index contributed by atoms with van der Waals surface area (Å²) in [5.74, 6) is -1.12. The molecule has 0 aliphatic heterocycles. The van der Waals surface area contributed by atoms with E-state index in [4.69, 9.17) is 9.15 Å². The lowest BCUT2D eigenvalue weighted by Crippen LogP contribution is -2.34. The summed E-state index contributed by atoms with van der Waals surface area (Å²) in [4.78, 5) is 54.5. The zero-order chi connectivity index (χ0) is 22.9. The van der Waals surface area contributed by atoms with Crippen molar-refractivity contribution in [3.63, 3.8) is 0 Å². The lowest BCUT2D eigenvalue weighted by atomic mass is 9.96. The number of fused-ring (bicyclic) bond motifs is 1. The number of hydrogen-bond donors (Lipinski definition) is 1. The highest BCUT2D eigenvalue weighted by molar-refractivity contribution is 7.14. The van der Waals surface area contributed by atoms with E-state index in [1.165, 1.54) is 36.2 Å². The molecule has 9 nitrogen and oxygen atoms in total. The zero-order valence-electron chi connectivity index (χ0n) is 17.9. The van der Waals surface area contributed by atoms with Crippen LogP contribution in [0, 0.1) is 12.3 Å². The minimum atomic E-state index is -0.830. The first kappa shape index (κ1) is 22.4. The van der Waals surface area contributed by atoms with Gasteiger partial charge < -0.3 is 19.0 Å². The van der Waals surface area contributed by atoms with Gasteiger partial charge in [0.2, 0.25) is 17.4 Å². The number of esters is 1. The molecule has 164 valence electrons. The van der Waals surface area contributed by atoms with Crippen molar-refractivity contribution in [2.45, 2.75) is 34.2 Å². The van der Waals surface area contributed by atoms with Crippen molar-refractivity contribution in [3.05, 3.63) is 49.9 Å². The normalized spacial score (nSPS) is 11.5. The van der Waals surface area contributed by atoms with Crippen molar-refractivity contribution < 1.29 is 23.5 Å². The van der Waals surface area contributed by atoms with Crippen molar-refractivity contribution in [1.29, 1.82) is 0 Å². The third-order valence-corrected chi connectivity index (χ3v) is 5.65. The second-order valence-corrected chi connectivity index (χ2v) is 9.24. The van der Waals surface area contributed by atoms with Gasteiger partial charge in [-0.3, -0.25) is 14.4 Å². The fourth-order valence-electron chi connectivity index (χ4n) is 2.76. The van der Waals surface area contributed by atoms with Gasteiger partial charge in [-0.05, 0) is 19.1 Å². The lowest BCUT2D eigenvalue weighted by molar-refractivity contribution is -0.128. The van der Waals surface area contributed by atoms with Crippen LogP contribution in [0.25, 0.3) is 11.1 Å². The predicted octanol–water partition coefficient (Wildman–Crippen LogP) is 2.60. The number of furan rings is 1. The van der Waals surface area contributed by atoms with Gasteiger partial charge in [0.25, 0.3) is 5.56 Å². The zero-order valence-corrected chi connectivity index (χ0v) is 18.7. The molecule has 0 aliphatic rings. The van der Waals surface area contributed by atoms with Crippen LogP contribution in [0.2, 0.25) is 0 Å². The molecule has 0 radical (unpaired) electrons.